The minimum absolute atomic E-state index is 0.514. The zero-order chi connectivity index (χ0) is 18.6. The van der Waals surface area contributed by atoms with Gasteiger partial charge < -0.3 is 13.6 Å². The molecule has 0 atom stereocenters. The molecule has 4 rings (SSSR count). The Kier molecular flexibility index (Phi) is 4.93. The van der Waals surface area contributed by atoms with Crippen LogP contribution in [0.4, 0.5) is 0 Å². The Hall–Kier alpha value is -3.07. The van der Waals surface area contributed by atoms with E-state index < -0.39 is 0 Å². The number of hydrogen-bond donors (Lipinski definition) is 0. The summed E-state index contributed by atoms with van der Waals surface area (Å²) in [5.41, 5.74) is 0.940. The van der Waals surface area contributed by atoms with Crippen LogP contribution in [0.1, 0.15) is 17.5 Å². The van der Waals surface area contributed by atoms with Gasteiger partial charge in [0.15, 0.2) is 11.0 Å². The van der Waals surface area contributed by atoms with Crippen LogP contribution in [0.15, 0.2) is 56.7 Å². The van der Waals surface area contributed by atoms with E-state index in [2.05, 4.69) is 20.4 Å². The Bertz CT molecular complexity index is 1010. The molecular formula is C18H17N5O3S. The van der Waals surface area contributed by atoms with Crippen molar-refractivity contribution >= 4 is 11.8 Å². The van der Waals surface area contributed by atoms with Gasteiger partial charge in [-0.2, -0.15) is 0 Å². The molecule has 0 aliphatic carbocycles. The molecule has 0 saturated heterocycles. The molecule has 8 nitrogen and oxygen atoms in total. The topological polar surface area (TPSA) is 92.0 Å². The molecule has 0 spiro atoms. The van der Waals surface area contributed by atoms with E-state index in [-0.39, 0.29) is 0 Å². The summed E-state index contributed by atoms with van der Waals surface area (Å²) in [6, 6.07) is 11.5. The summed E-state index contributed by atoms with van der Waals surface area (Å²) in [5, 5.41) is 17.4. The van der Waals surface area contributed by atoms with Crippen LogP contribution in [0.3, 0.4) is 0 Å². The van der Waals surface area contributed by atoms with E-state index in [1.54, 1.807) is 20.3 Å². The van der Waals surface area contributed by atoms with Crippen molar-refractivity contribution in [3.63, 3.8) is 0 Å². The van der Waals surface area contributed by atoms with E-state index >= 15 is 0 Å². The monoisotopic (exact) mass is 383 g/mol. The zero-order valence-electron chi connectivity index (χ0n) is 14.8. The van der Waals surface area contributed by atoms with Crippen LogP contribution >= 0.6 is 11.8 Å². The average molecular weight is 383 g/mol. The summed E-state index contributed by atoms with van der Waals surface area (Å²) >= 11 is 1.49. The number of methoxy groups -OCH3 is 1. The fraction of sp³-hybridized carbons (Fsp3) is 0.222. The third-order valence-electron chi connectivity index (χ3n) is 3.85. The van der Waals surface area contributed by atoms with Gasteiger partial charge in [0.2, 0.25) is 11.8 Å². The number of nitrogens with zero attached hydrogens (tertiary/aromatic N) is 5. The fourth-order valence-corrected chi connectivity index (χ4v) is 3.35. The minimum Gasteiger partial charge on any atom is -0.497 e. The molecule has 0 aliphatic heterocycles. The first-order valence-corrected chi connectivity index (χ1v) is 9.23. The first-order valence-electron chi connectivity index (χ1n) is 8.24. The lowest BCUT2D eigenvalue weighted by molar-refractivity contribution is 0.415. The lowest BCUT2D eigenvalue weighted by Gasteiger charge is -2.09. The van der Waals surface area contributed by atoms with E-state index in [1.807, 2.05) is 41.0 Å². The normalized spacial score (nSPS) is 11.0. The number of rotatable bonds is 7. The number of thioether (sulfide) groups is 1. The Labute approximate surface area is 159 Å². The van der Waals surface area contributed by atoms with Crippen LogP contribution in [0.25, 0.3) is 11.4 Å². The van der Waals surface area contributed by atoms with Crippen molar-refractivity contribution in [2.45, 2.75) is 24.4 Å². The molecule has 9 heteroatoms. The Balaban J connectivity index is 1.64. The predicted octanol–water partition coefficient (Wildman–Crippen LogP) is 3.58. The Morgan fingerprint density at radius 2 is 1.93 bits per heavy atom. The second-order valence-electron chi connectivity index (χ2n) is 5.70. The SMILES string of the molecule is COc1ccc(-c2nnc(SCc3nnc(C)o3)n2Cc2ccco2)cc1. The lowest BCUT2D eigenvalue weighted by atomic mass is 10.2. The highest BCUT2D eigenvalue weighted by molar-refractivity contribution is 7.98. The van der Waals surface area contributed by atoms with Gasteiger partial charge in [-0.15, -0.1) is 20.4 Å². The Morgan fingerprint density at radius 1 is 1.07 bits per heavy atom. The second kappa shape index (κ2) is 7.67. The summed E-state index contributed by atoms with van der Waals surface area (Å²) < 4.78 is 18.2. The number of ether oxygens (including phenoxy) is 1. The lowest BCUT2D eigenvalue weighted by Crippen LogP contribution is -2.03. The maximum Gasteiger partial charge on any atom is 0.226 e. The predicted molar refractivity (Wildman–Crippen MR) is 98.4 cm³/mol. The molecule has 3 heterocycles. The van der Waals surface area contributed by atoms with Crippen LogP contribution in [-0.4, -0.2) is 32.1 Å². The van der Waals surface area contributed by atoms with Crippen LogP contribution < -0.4 is 4.74 Å². The number of hydrogen-bond acceptors (Lipinski definition) is 8. The molecule has 0 N–H and O–H groups in total. The maximum absolute atomic E-state index is 5.51. The van der Waals surface area contributed by atoms with Crippen molar-refractivity contribution < 1.29 is 13.6 Å². The number of aryl methyl sites for hydroxylation is 1. The Morgan fingerprint density at radius 3 is 2.59 bits per heavy atom. The third-order valence-corrected chi connectivity index (χ3v) is 4.80. The molecule has 0 unspecified atom stereocenters. The quantitative estimate of drug-likeness (QED) is 0.447. The molecule has 3 aromatic heterocycles. The standard InChI is InChI=1S/C18H17N5O3S/c1-12-19-20-16(26-12)11-27-18-22-21-17(13-5-7-14(24-2)8-6-13)23(18)10-15-4-3-9-25-15/h3-9H,10-11H2,1-2H3. The second-order valence-corrected chi connectivity index (χ2v) is 6.65. The highest BCUT2D eigenvalue weighted by atomic mass is 32.2. The van der Waals surface area contributed by atoms with Gasteiger partial charge in [0.1, 0.15) is 11.5 Å². The summed E-state index contributed by atoms with van der Waals surface area (Å²) in [7, 11) is 1.64. The van der Waals surface area contributed by atoms with Crippen molar-refractivity contribution in [2.75, 3.05) is 7.11 Å². The van der Waals surface area contributed by atoms with Crippen molar-refractivity contribution in [2.24, 2.45) is 0 Å². The fourth-order valence-electron chi connectivity index (χ4n) is 2.57. The molecule has 0 radical (unpaired) electrons. The molecule has 1 aromatic carbocycles. The van der Waals surface area contributed by atoms with Crippen molar-refractivity contribution in [1.82, 2.24) is 25.0 Å². The summed E-state index contributed by atoms with van der Waals surface area (Å²) in [5.74, 6) is 3.97. The summed E-state index contributed by atoms with van der Waals surface area (Å²) in [6.45, 7) is 2.29. The van der Waals surface area contributed by atoms with Gasteiger partial charge in [-0.25, -0.2) is 0 Å². The molecule has 27 heavy (non-hydrogen) atoms. The van der Waals surface area contributed by atoms with Crippen LogP contribution in [0.5, 0.6) is 5.75 Å². The largest absolute Gasteiger partial charge is 0.497 e. The highest BCUT2D eigenvalue weighted by Gasteiger charge is 2.17. The van der Waals surface area contributed by atoms with E-state index in [9.17, 15) is 0 Å². The smallest absolute Gasteiger partial charge is 0.226 e. The first kappa shape index (κ1) is 17.3. The number of benzene rings is 1. The van der Waals surface area contributed by atoms with E-state index in [0.29, 0.717) is 24.1 Å². The van der Waals surface area contributed by atoms with Crippen LogP contribution in [0, 0.1) is 6.92 Å². The van der Waals surface area contributed by atoms with Gasteiger partial charge in [-0.3, -0.25) is 4.57 Å². The molecule has 0 aliphatic rings. The van der Waals surface area contributed by atoms with Crippen molar-refractivity contribution in [3.05, 3.63) is 60.2 Å². The number of furan rings is 1. The van der Waals surface area contributed by atoms with Gasteiger partial charge in [0.25, 0.3) is 0 Å². The average Bonchev–Trinajstić information content (AvgIpc) is 3.43. The van der Waals surface area contributed by atoms with Gasteiger partial charge >= 0.3 is 0 Å². The van der Waals surface area contributed by atoms with Gasteiger partial charge in [-0.1, -0.05) is 11.8 Å². The van der Waals surface area contributed by atoms with Crippen LogP contribution in [-0.2, 0) is 12.3 Å². The van der Waals surface area contributed by atoms with Gasteiger partial charge in [0.05, 0.1) is 25.7 Å². The van der Waals surface area contributed by atoms with Crippen molar-refractivity contribution in [3.8, 4) is 17.1 Å². The maximum atomic E-state index is 5.51. The zero-order valence-corrected chi connectivity index (χ0v) is 15.6. The summed E-state index contributed by atoms with van der Waals surface area (Å²) in [6.07, 6.45) is 1.65. The molecule has 0 amide bonds. The molecular weight excluding hydrogens is 366 g/mol. The van der Waals surface area contributed by atoms with Crippen LogP contribution in [0.2, 0.25) is 0 Å². The minimum atomic E-state index is 0.514. The molecule has 4 aromatic rings. The van der Waals surface area contributed by atoms with E-state index in [0.717, 1.165) is 28.1 Å². The van der Waals surface area contributed by atoms with E-state index in [4.69, 9.17) is 13.6 Å². The molecule has 0 fully saturated rings. The van der Waals surface area contributed by atoms with Crippen molar-refractivity contribution in [1.29, 1.82) is 0 Å². The molecule has 138 valence electrons. The number of aromatic nitrogens is 5. The van der Waals surface area contributed by atoms with Gasteiger partial charge in [0, 0.05) is 12.5 Å². The van der Waals surface area contributed by atoms with E-state index in [1.165, 1.54) is 11.8 Å². The molecule has 0 saturated carbocycles. The van der Waals surface area contributed by atoms with Gasteiger partial charge in [-0.05, 0) is 36.4 Å². The summed E-state index contributed by atoms with van der Waals surface area (Å²) in [4.78, 5) is 0. The first-order chi connectivity index (χ1) is 13.2. The third kappa shape index (κ3) is 3.87. The molecule has 0 bridgehead atoms. The highest BCUT2D eigenvalue weighted by Crippen LogP contribution is 2.28.